The average molecular weight is 223 g/mol. The van der Waals surface area contributed by atoms with E-state index in [4.69, 9.17) is 10.5 Å². The van der Waals surface area contributed by atoms with Gasteiger partial charge in [-0.2, -0.15) is 0 Å². The predicted octanol–water partition coefficient (Wildman–Crippen LogP) is 0.797. The number of nitrogens with two attached hydrogens (primary N) is 1. The third-order valence-corrected chi connectivity index (χ3v) is 2.55. The lowest BCUT2D eigenvalue weighted by atomic mass is 10.2. The van der Waals surface area contributed by atoms with Crippen molar-refractivity contribution in [3.63, 3.8) is 0 Å². The summed E-state index contributed by atoms with van der Waals surface area (Å²) in [6.45, 7) is 6.08. The first kappa shape index (κ1) is 13.1. The van der Waals surface area contributed by atoms with Crippen LogP contribution in [0.3, 0.4) is 0 Å². The van der Waals surface area contributed by atoms with E-state index in [0.29, 0.717) is 6.54 Å². The van der Waals surface area contributed by atoms with Crippen molar-refractivity contribution in [2.45, 2.75) is 13.5 Å². The van der Waals surface area contributed by atoms with Gasteiger partial charge in [-0.3, -0.25) is 9.88 Å². The molecule has 90 valence electrons. The van der Waals surface area contributed by atoms with Crippen molar-refractivity contribution in [3.8, 4) is 0 Å². The largest absolute Gasteiger partial charge is 0.383 e. The molecule has 0 unspecified atom stereocenters. The summed E-state index contributed by atoms with van der Waals surface area (Å²) < 4.78 is 5.08. The monoisotopic (exact) mass is 223 g/mol. The second-order valence-corrected chi connectivity index (χ2v) is 3.82. The lowest BCUT2D eigenvalue weighted by Crippen LogP contribution is -2.32. The Kier molecular flexibility index (Phi) is 6.00. The van der Waals surface area contributed by atoms with E-state index in [9.17, 15) is 0 Å². The molecule has 0 aliphatic carbocycles. The smallest absolute Gasteiger partial charge is 0.0589 e. The van der Waals surface area contributed by atoms with Crippen LogP contribution in [0, 0.1) is 6.92 Å². The molecule has 1 aromatic heterocycles. The second-order valence-electron chi connectivity index (χ2n) is 3.82. The quantitative estimate of drug-likeness (QED) is 0.743. The third kappa shape index (κ3) is 4.26. The zero-order chi connectivity index (χ0) is 11.8. The van der Waals surface area contributed by atoms with E-state index in [1.807, 2.05) is 12.3 Å². The SMILES string of the molecule is COCCN(CCN)Cc1ncccc1C. The van der Waals surface area contributed by atoms with Crippen LogP contribution in [0.2, 0.25) is 0 Å². The maximum absolute atomic E-state index is 5.59. The predicted molar refractivity (Wildman–Crippen MR) is 65.2 cm³/mol. The summed E-state index contributed by atoms with van der Waals surface area (Å²) in [5.74, 6) is 0. The Morgan fingerprint density at radius 3 is 2.88 bits per heavy atom. The summed E-state index contributed by atoms with van der Waals surface area (Å²) in [7, 11) is 1.71. The molecule has 16 heavy (non-hydrogen) atoms. The van der Waals surface area contributed by atoms with Gasteiger partial charge >= 0.3 is 0 Å². The van der Waals surface area contributed by atoms with Crippen LogP contribution in [0.15, 0.2) is 18.3 Å². The van der Waals surface area contributed by atoms with Crippen LogP contribution in [0.5, 0.6) is 0 Å². The number of aryl methyl sites for hydroxylation is 1. The molecule has 4 heteroatoms. The highest BCUT2D eigenvalue weighted by Crippen LogP contribution is 2.06. The maximum atomic E-state index is 5.59. The van der Waals surface area contributed by atoms with E-state index in [-0.39, 0.29) is 0 Å². The van der Waals surface area contributed by atoms with Crippen LogP contribution in [0.25, 0.3) is 0 Å². The molecule has 0 atom stereocenters. The first-order chi connectivity index (χ1) is 7.77. The van der Waals surface area contributed by atoms with Gasteiger partial charge in [-0.05, 0) is 18.6 Å². The van der Waals surface area contributed by atoms with Gasteiger partial charge in [-0.1, -0.05) is 6.07 Å². The molecule has 4 nitrogen and oxygen atoms in total. The highest BCUT2D eigenvalue weighted by molar-refractivity contribution is 5.17. The highest BCUT2D eigenvalue weighted by atomic mass is 16.5. The Labute approximate surface area is 97.4 Å². The Bertz CT molecular complexity index is 304. The Morgan fingerprint density at radius 1 is 1.44 bits per heavy atom. The number of methoxy groups -OCH3 is 1. The normalized spacial score (nSPS) is 11.0. The van der Waals surface area contributed by atoms with Crippen LogP contribution >= 0.6 is 0 Å². The summed E-state index contributed by atoms with van der Waals surface area (Å²) in [6, 6.07) is 4.04. The molecular weight excluding hydrogens is 202 g/mol. The maximum Gasteiger partial charge on any atom is 0.0589 e. The third-order valence-electron chi connectivity index (χ3n) is 2.55. The van der Waals surface area contributed by atoms with Gasteiger partial charge in [0.15, 0.2) is 0 Å². The van der Waals surface area contributed by atoms with E-state index >= 15 is 0 Å². The van der Waals surface area contributed by atoms with Crippen LogP contribution in [0.4, 0.5) is 0 Å². The van der Waals surface area contributed by atoms with Crippen molar-refractivity contribution in [1.29, 1.82) is 0 Å². The van der Waals surface area contributed by atoms with Gasteiger partial charge in [-0.25, -0.2) is 0 Å². The summed E-state index contributed by atoms with van der Waals surface area (Å²) in [6.07, 6.45) is 1.83. The summed E-state index contributed by atoms with van der Waals surface area (Å²) in [5.41, 5.74) is 7.93. The Morgan fingerprint density at radius 2 is 2.25 bits per heavy atom. The number of rotatable bonds is 7. The summed E-state index contributed by atoms with van der Waals surface area (Å²) >= 11 is 0. The average Bonchev–Trinajstić information content (AvgIpc) is 2.29. The fourth-order valence-electron chi connectivity index (χ4n) is 1.57. The van der Waals surface area contributed by atoms with Gasteiger partial charge < -0.3 is 10.5 Å². The molecule has 0 aliphatic heterocycles. The van der Waals surface area contributed by atoms with Gasteiger partial charge in [0.1, 0.15) is 0 Å². The van der Waals surface area contributed by atoms with E-state index in [1.54, 1.807) is 7.11 Å². The lowest BCUT2D eigenvalue weighted by Gasteiger charge is -2.21. The number of hydrogen-bond acceptors (Lipinski definition) is 4. The summed E-state index contributed by atoms with van der Waals surface area (Å²) in [5, 5.41) is 0. The minimum Gasteiger partial charge on any atom is -0.383 e. The van der Waals surface area contributed by atoms with Gasteiger partial charge in [0, 0.05) is 39.5 Å². The fourth-order valence-corrected chi connectivity index (χ4v) is 1.57. The number of nitrogens with zero attached hydrogens (tertiary/aromatic N) is 2. The van der Waals surface area contributed by atoms with Gasteiger partial charge in [0.2, 0.25) is 0 Å². The Balaban J connectivity index is 2.56. The molecule has 2 N–H and O–H groups in total. The van der Waals surface area contributed by atoms with Crippen molar-refractivity contribution < 1.29 is 4.74 Å². The molecule has 0 amide bonds. The molecule has 0 bridgehead atoms. The lowest BCUT2D eigenvalue weighted by molar-refractivity contribution is 0.145. The van der Waals surface area contributed by atoms with Crippen LogP contribution in [0.1, 0.15) is 11.3 Å². The standard InChI is InChI=1S/C12H21N3O/c1-11-4-3-6-14-12(11)10-15(7-5-13)8-9-16-2/h3-4,6H,5,7-10,13H2,1-2H3. The zero-order valence-electron chi connectivity index (χ0n) is 10.1. The molecule has 1 rings (SSSR count). The molecule has 0 fully saturated rings. The Hall–Kier alpha value is -0.970. The van der Waals surface area contributed by atoms with E-state index in [0.717, 1.165) is 31.9 Å². The molecular formula is C12H21N3O. The van der Waals surface area contributed by atoms with Crippen LogP contribution in [-0.4, -0.2) is 43.2 Å². The fraction of sp³-hybridized carbons (Fsp3) is 0.583. The van der Waals surface area contributed by atoms with Crippen LogP contribution in [-0.2, 0) is 11.3 Å². The number of pyridine rings is 1. The van der Waals surface area contributed by atoms with Crippen molar-refractivity contribution in [3.05, 3.63) is 29.6 Å². The zero-order valence-corrected chi connectivity index (χ0v) is 10.1. The topological polar surface area (TPSA) is 51.4 Å². The molecule has 0 spiro atoms. The van der Waals surface area contributed by atoms with Gasteiger partial charge in [-0.15, -0.1) is 0 Å². The van der Waals surface area contributed by atoms with Crippen molar-refractivity contribution >= 4 is 0 Å². The van der Waals surface area contributed by atoms with E-state index in [2.05, 4.69) is 22.9 Å². The van der Waals surface area contributed by atoms with Gasteiger partial charge in [0.25, 0.3) is 0 Å². The highest BCUT2D eigenvalue weighted by Gasteiger charge is 2.07. The molecule has 1 aromatic rings. The molecule has 0 aromatic carbocycles. The van der Waals surface area contributed by atoms with E-state index in [1.165, 1.54) is 5.56 Å². The minimum absolute atomic E-state index is 0.662. The van der Waals surface area contributed by atoms with E-state index < -0.39 is 0 Å². The molecule has 0 saturated heterocycles. The van der Waals surface area contributed by atoms with Crippen LogP contribution < -0.4 is 5.73 Å². The van der Waals surface area contributed by atoms with Gasteiger partial charge in [0.05, 0.1) is 12.3 Å². The minimum atomic E-state index is 0.662. The first-order valence-electron chi connectivity index (χ1n) is 5.59. The molecule has 0 aliphatic rings. The number of ether oxygens (including phenoxy) is 1. The van der Waals surface area contributed by atoms with Crippen molar-refractivity contribution in [2.24, 2.45) is 5.73 Å². The van der Waals surface area contributed by atoms with Crippen molar-refractivity contribution in [1.82, 2.24) is 9.88 Å². The first-order valence-corrected chi connectivity index (χ1v) is 5.59. The molecule has 1 heterocycles. The van der Waals surface area contributed by atoms with Crippen molar-refractivity contribution in [2.75, 3.05) is 33.4 Å². The molecule has 0 saturated carbocycles. The second kappa shape index (κ2) is 7.33. The number of hydrogen-bond donors (Lipinski definition) is 1. The number of aromatic nitrogens is 1. The summed E-state index contributed by atoms with van der Waals surface area (Å²) in [4.78, 5) is 6.65. The molecule has 0 radical (unpaired) electrons.